The highest BCUT2D eigenvalue weighted by molar-refractivity contribution is 7.80. The predicted octanol–water partition coefficient (Wildman–Crippen LogP) is 3.63. The van der Waals surface area contributed by atoms with Gasteiger partial charge in [0.25, 0.3) is 5.91 Å². The van der Waals surface area contributed by atoms with Gasteiger partial charge in [0, 0.05) is 5.56 Å². The highest BCUT2D eigenvalue weighted by Crippen LogP contribution is 2.29. The van der Waals surface area contributed by atoms with Crippen molar-refractivity contribution in [3.63, 3.8) is 0 Å². The summed E-state index contributed by atoms with van der Waals surface area (Å²) >= 11 is 11.6. The Morgan fingerprint density at radius 2 is 1.85 bits per heavy atom. The van der Waals surface area contributed by atoms with Gasteiger partial charge >= 0.3 is 0 Å². The van der Waals surface area contributed by atoms with Gasteiger partial charge < -0.3 is 5.32 Å². The van der Waals surface area contributed by atoms with Gasteiger partial charge in [0.05, 0.1) is 10.9 Å². The third-order valence-electron chi connectivity index (χ3n) is 3.41. The zero-order valence-electron chi connectivity index (χ0n) is 10.6. The van der Waals surface area contributed by atoms with Crippen molar-refractivity contribution in [2.75, 3.05) is 0 Å². The van der Waals surface area contributed by atoms with E-state index in [0.29, 0.717) is 17.0 Å². The molecular weight excluding hydrogens is 290 g/mol. The summed E-state index contributed by atoms with van der Waals surface area (Å²) in [6.45, 7) is 0. The summed E-state index contributed by atoms with van der Waals surface area (Å²) in [6.07, 6.45) is 0.602. The van der Waals surface area contributed by atoms with Crippen LogP contribution in [0.4, 0.5) is 0 Å². The van der Waals surface area contributed by atoms with E-state index in [1.807, 2.05) is 48.5 Å². The fraction of sp³-hybridized carbons (Fsp3) is 0.125. The molecule has 0 aromatic heterocycles. The Bertz CT molecular complexity index is 684. The molecule has 1 heterocycles. The van der Waals surface area contributed by atoms with E-state index in [0.717, 1.165) is 16.7 Å². The van der Waals surface area contributed by atoms with Crippen LogP contribution in [0.5, 0.6) is 0 Å². The second-order valence-corrected chi connectivity index (χ2v) is 5.64. The molecule has 2 aromatic rings. The third-order valence-corrected chi connectivity index (χ3v) is 4.14. The van der Waals surface area contributed by atoms with Gasteiger partial charge in [0.1, 0.15) is 4.99 Å². The second-order valence-electron chi connectivity index (χ2n) is 4.71. The van der Waals surface area contributed by atoms with Crippen LogP contribution in [0.15, 0.2) is 48.5 Å². The molecule has 0 saturated carbocycles. The molecule has 1 atom stereocenters. The van der Waals surface area contributed by atoms with Crippen LogP contribution in [-0.4, -0.2) is 10.9 Å². The Morgan fingerprint density at radius 1 is 1.10 bits per heavy atom. The molecule has 2 nitrogen and oxygen atoms in total. The van der Waals surface area contributed by atoms with Crippen molar-refractivity contribution in [3.8, 4) is 0 Å². The monoisotopic (exact) mass is 301 g/mol. The molecule has 0 bridgehead atoms. The first-order valence-corrected chi connectivity index (χ1v) is 7.18. The van der Waals surface area contributed by atoms with Crippen LogP contribution < -0.4 is 5.32 Å². The Labute approximate surface area is 127 Å². The summed E-state index contributed by atoms with van der Waals surface area (Å²) in [5, 5.41) is 2.52. The molecule has 20 heavy (non-hydrogen) atoms. The second kappa shape index (κ2) is 5.35. The molecule has 0 saturated heterocycles. The molecule has 0 radical (unpaired) electrons. The van der Waals surface area contributed by atoms with Gasteiger partial charge in [0.2, 0.25) is 0 Å². The van der Waals surface area contributed by atoms with Gasteiger partial charge in [0.15, 0.2) is 0 Å². The van der Waals surface area contributed by atoms with E-state index in [1.54, 1.807) is 0 Å². The average Bonchev–Trinajstić information content (AvgIpc) is 2.76. The molecular formula is C16H12ClNOS. The summed E-state index contributed by atoms with van der Waals surface area (Å²) < 4.78 is 0. The van der Waals surface area contributed by atoms with Crippen molar-refractivity contribution in [3.05, 3.63) is 70.8 Å². The maximum atomic E-state index is 12.0. The van der Waals surface area contributed by atoms with E-state index in [2.05, 4.69) is 5.32 Å². The smallest absolute Gasteiger partial charge is 0.257 e. The summed E-state index contributed by atoms with van der Waals surface area (Å²) in [5.74, 6) is -0.127. The lowest BCUT2D eigenvalue weighted by atomic mass is 9.97. The first kappa shape index (κ1) is 13.3. The van der Waals surface area contributed by atoms with E-state index < -0.39 is 0 Å². The lowest BCUT2D eigenvalue weighted by molar-refractivity contribution is 0.0983. The van der Waals surface area contributed by atoms with Crippen LogP contribution in [0.3, 0.4) is 0 Å². The van der Waals surface area contributed by atoms with E-state index >= 15 is 0 Å². The minimum absolute atomic E-state index is 0.127. The minimum atomic E-state index is -0.162. The van der Waals surface area contributed by atoms with Crippen LogP contribution in [0, 0.1) is 0 Å². The molecule has 3 rings (SSSR count). The lowest BCUT2D eigenvalue weighted by Gasteiger charge is -2.12. The average molecular weight is 302 g/mol. The van der Waals surface area contributed by atoms with E-state index in [4.69, 9.17) is 23.8 Å². The predicted molar refractivity (Wildman–Crippen MR) is 84.3 cm³/mol. The standard InChI is InChI=1S/C16H12ClNOS/c17-13(10-5-2-1-3-6-10)9-11-7-4-8-12-14(11)15(19)18-16(12)20/h1-8,13H,9H2,(H,18,19,20). The number of carbonyl (C=O) groups is 1. The summed E-state index contributed by atoms with van der Waals surface area (Å²) in [5.41, 5.74) is 3.45. The zero-order chi connectivity index (χ0) is 14.1. The van der Waals surface area contributed by atoms with Crippen molar-refractivity contribution >= 4 is 34.7 Å². The van der Waals surface area contributed by atoms with Crippen LogP contribution >= 0.6 is 23.8 Å². The van der Waals surface area contributed by atoms with E-state index in [9.17, 15) is 4.79 Å². The first-order valence-electron chi connectivity index (χ1n) is 6.33. The molecule has 0 fully saturated rings. The molecule has 1 unspecified atom stereocenters. The van der Waals surface area contributed by atoms with E-state index in [1.165, 1.54) is 0 Å². The topological polar surface area (TPSA) is 29.1 Å². The van der Waals surface area contributed by atoms with Crippen LogP contribution in [0.2, 0.25) is 0 Å². The number of amides is 1. The first-order chi connectivity index (χ1) is 9.66. The van der Waals surface area contributed by atoms with Crippen molar-refractivity contribution in [2.24, 2.45) is 0 Å². The molecule has 0 spiro atoms. The van der Waals surface area contributed by atoms with Crippen molar-refractivity contribution in [1.82, 2.24) is 5.32 Å². The number of fused-ring (bicyclic) bond motifs is 1. The van der Waals surface area contributed by atoms with Gasteiger partial charge in [-0.05, 0) is 17.5 Å². The van der Waals surface area contributed by atoms with Gasteiger partial charge in [-0.3, -0.25) is 4.79 Å². The van der Waals surface area contributed by atoms with Crippen LogP contribution in [-0.2, 0) is 6.42 Å². The SMILES string of the molecule is O=C1NC(=S)c2cccc(CC(Cl)c3ccccc3)c21. The fourth-order valence-electron chi connectivity index (χ4n) is 2.43. The van der Waals surface area contributed by atoms with E-state index in [-0.39, 0.29) is 11.3 Å². The minimum Gasteiger partial charge on any atom is -0.312 e. The maximum Gasteiger partial charge on any atom is 0.257 e. The Balaban J connectivity index is 1.93. The normalized spacial score (nSPS) is 14.8. The number of benzene rings is 2. The molecule has 4 heteroatoms. The molecule has 0 aliphatic carbocycles. The molecule has 1 aliphatic rings. The Kier molecular flexibility index (Phi) is 3.55. The van der Waals surface area contributed by atoms with Crippen molar-refractivity contribution in [1.29, 1.82) is 0 Å². The number of alkyl halides is 1. The van der Waals surface area contributed by atoms with Crippen molar-refractivity contribution in [2.45, 2.75) is 11.8 Å². The van der Waals surface area contributed by atoms with Crippen LogP contribution in [0.1, 0.15) is 32.4 Å². The molecule has 2 aromatic carbocycles. The summed E-state index contributed by atoms with van der Waals surface area (Å²) in [4.78, 5) is 12.5. The molecule has 1 N–H and O–H groups in total. The highest BCUT2D eigenvalue weighted by atomic mass is 35.5. The number of thiocarbonyl (C=S) groups is 1. The fourth-order valence-corrected chi connectivity index (χ4v) is 3.01. The quantitative estimate of drug-likeness (QED) is 0.693. The Morgan fingerprint density at radius 3 is 2.60 bits per heavy atom. The Hall–Kier alpha value is -1.71. The molecule has 100 valence electrons. The van der Waals surface area contributed by atoms with Crippen molar-refractivity contribution < 1.29 is 4.79 Å². The number of halogens is 1. The third kappa shape index (κ3) is 2.35. The van der Waals surface area contributed by atoms with Gasteiger partial charge in [-0.1, -0.05) is 60.7 Å². The number of hydrogen-bond donors (Lipinski definition) is 1. The lowest BCUT2D eigenvalue weighted by Crippen LogP contribution is -2.19. The molecule has 1 amide bonds. The number of rotatable bonds is 3. The summed E-state index contributed by atoms with van der Waals surface area (Å²) in [7, 11) is 0. The van der Waals surface area contributed by atoms with Crippen LogP contribution in [0.25, 0.3) is 0 Å². The molecule has 1 aliphatic heterocycles. The largest absolute Gasteiger partial charge is 0.312 e. The summed E-state index contributed by atoms with van der Waals surface area (Å²) in [6, 6.07) is 15.6. The van der Waals surface area contributed by atoms with Gasteiger partial charge in [-0.25, -0.2) is 0 Å². The van der Waals surface area contributed by atoms with Gasteiger partial charge in [-0.15, -0.1) is 11.6 Å². The number of nitrogens with one attached hydrogen (secondary N) is 1. The zero-order valence-corrected chi connectivity index (χ0v) is 12.2. The number of hydrogen-bond acceptors (Lipinski definition) is 2. The van der Waals surface area contributed by atoms with Gasteiger partial charge in [-0.2, -0.15) is 0 Å². The number of carbonyl (C=O) groups excluding carboxylic acids is 1. The maximum absolute atomic E-state index is 12.0. The highest BCUT2D eigenvalue weighted by Gasteiger charge is 2.27.